The van der Waals surface area contributed by atoms with Gasteiger partial charge in [0.15, 0.2) is 0 Å². The summed E-state index contributed by atoms with van der Waals surface area (Å²) in [6, 6.07) is 82.4. The van der Waals surface area contributed by atoms with Gasteiger partial charge in [-0.05, 0) is 97.1 Å². The van der Waals surface area contributed by atoms with Gasteiger partial charge in [0.1, 0.15) is 12.6 Å². The molecule has 0 bridgehead atoms. The van der Waals surface area contributed by atoms with Crippen molar-refractivity contribution in [1.82, 2.24) is 0 Å². The van der Waals surface area contributed by atoms with Crippen molar-refractivity contribution in [1.29, 1.82) is 0 Å². The summed E-state index contributed by atoms with van der Waals surface area (Å²) in [5.41, 5.74) is 7.39. The molecule has 0 atom stereocenters. The van der Waals surface area contributed by atoms with Crippen molar-refractivity contribution < 1.29 is 21.1 Å². The Bertz CT molecular complexity index is 2250. The van der Waals surface area contributed by atoms with Crippen molar-refractivity contribution in [3.8, 4) is 0 Å². The van der Waals surface area contributed by atoms with E-state index in [1.165, 1.54) is 55.3 Å². The minimum absolute atomic E-state index is 0. The van der Waals surface area contributed by atoms with Crippen molar-refractivity contribution in [2.24, 2.45) is 0 Å². The van der Waals surface area contributed by atoms with E-state index in [1.54, 1.807) is 0 Å². The molecule has 2 radical (unpaired) electrons. The number of hydrogen-bond donors (Lipinski definition) is 0. The van der Waals surface area contributed by atoms with Gasteiger partial charge in [-0.2, -0.15) is 0 Å². The molecular formula is C50H44B2N4P2Pt+2. The number of fused-ring (bicyclic) bond motifs is 2. The minimum Gasteiger partial charge on any atom is -0.367 e. The van der Waals surface area contributed by atoms with Crippen LogP contribution in [0.4, 0.5) is 34.1 Å². The molecule has 8 aromatic carbocycles. The first-order chi connectivity index (χ1) is 28.8. The molecule has 59 heavy (non-hydrogen) atoms. The van der Waals surface area contributed by atoms with Crippen LogP contribution in [0.3, 0.4) is 0 Å². The molecule has 0 unspecified atom stereocenters. The van der Waals surface area contributed by atoms with E-state index in [9.17, 15) is 0 Å². The van der Waals surface area contributed by atoms with Crippen LogP contribution >= 0.6 is 15.8 Å². The second kappa shape index (κ2) is 19.6. The predicted octanol–water partition coefficient (Wildman–Crippen LogP) is 10.0. The molecule has 0 N–H and O–H groups in total. The van der Waals surface area contributed by atoms with E-state index in [-0.39, 0.29) is 21.1 Å². The number of rotatable bonds is 10. The number of para-hydroxylation sites is 6. The Hall–Kier alpha value is -5.36. The number of nitrogens with zero attached hydrogens (tertiary/aromatic N) is 4. The molecule has 10 rings (SSSR count). The summed E-state index contributed by atoms with van der Waals surface area (Å²) in [4.78, 5) is 9.45. The van der Waals surface area contributed by atoms with Gasteiger partial charge in [0, 0.05) is 32.4 Å². The van der Waals surface area contributed by atoms with Crippen LogP contribution in [0.15, 0.2) is 231 Å². The van der Waals surface area contributed by atoms with E-state index < -0.39 is 15.8 Å². The third kappa shape index (κ3) is 9.27. The maximum absolute atomic E-state index is 2.43. The van der Waals surface area contributed by atoms with Crippen molar-refractivity contribution in [3.05, 3.63) is 231 Å². The average molecular weight is 980 g/mol. The molecule has 8 aromatic rings. The SMILES string of the molecule is [B]1N(C[PH+](c2ccccc2)c2ccccc2)c2ccccc2N1c1ccccc1.[B]1N(C[PH+](c2ccccc2)c2ccccc2)c2ccccc2N1c1ccccc1.[Pt]. The predicted molar refractivity (Wildman–Crippen MR) is 257 cm³/mol. The van der Waals surface area contributed by atoms with Crippen molar-refractivity contribution in [2.45, 2.75) is 0 Å². The van der Waals surface area contributed by atoms with Crippen LogP contribution < -0.4 is 40.5 Å². The zero-order valence-corrected chi connectivity index (χ0v) is 36.9. The molecule has 288 valence electrons. The Morgan fingerprint density at radius 1 is 0.288 bits per heavy atom. The number of hydrogen-bond acceptors (Lipinski definition) is 4. The van der Waals surface area contributed by atoms with E-state index in [4.69, 9.17) is 0 Å². The van der Waals surface area contributed by atoms with Gasteiger partial charge in [0.2, 0.25) is 0 Å². The first-order valence-electron chi connectivity index (χ1n) is 19.8. The molecule has 2 aliphatic rings. The molecule has 0 aromatic heterocycles. The molecule has 0 aliphatic carbocycles. The van der Waals surface area contributed by atoms with E-state index in [0.29, 0.717) is 0 Å². The molecule has 2 heterocycles. The Morgan fingerprint density at radius 3 is 0.814 bits per heavy atom. The topological polar surface area (TPSA) is 13.0 Å². The van der Waals surface area contributed by atoms with Crippen LogP contribution in [-0.4, -0.2) is 27.7 Å². The summed E-state index contributed by atoms with van der Waals surface area (Å²) < 4.78 is 0. The van der Waals surface area contributed by atoms with Crippen molar-refractivity contribution in [3.63, 3.8) is 0 Å². The van der Waals surface area contributed by atoms with E-state index in [2.05, 4.69) is 265 Å². The zero-order valence-electron chi connectivity index (χ0n) is 32.6. The smallest absolute Gasteiger partial charge is 0.367 e. The molecule has 2 aliphatic heterocycles. The molecule has 0 saturated heterocycles. The van der Waals surface area contributed by atoms with Crippen LogP contribution in [-0.2, 0) is 21.1 Å². The van der Waals surface area contributed by atoms with Gasteiger partial charge < -0.3 is 19.2 Å². The molecule has 0 saturated carbocycles. The molecule has 0 amide bonds. The normalized spacial score (nSPS) is 12.5. The Labute approximate surface area is 367 Å². The molecule has 0 fully saturated rings. The summed E-state index contributed by atoms with van der Waals surface area (Å²) in [6.07, 6.45) is 1.97. The summed E-state index contributed by atoms with van der Waals surface area (Å²) in [6.45, 7) is 0. The Kier molecular flexibility index (Phi) is 13.4. The fraction of sp³-hybridized carbons (Fsp3) is 0.0400. The maximum atomic E-state index is 2.43. The second-order valence-corrected chi connectivity index (χ2v) is 19.2. The summed E-state index contributed by atoms with van der Waals surface area (Å²) >= 11 is 0. The van der Waals surface area contributed by atoms with Gasteiger partial charge in [-0.15, -0.1) is 0 Å². The minimum atomic E-state index is -0.961. The Balaban J connectivity index is 0.000000161. The average Bonchev–Trinajstić information content (AvgIpc) is 3.88. The third-order valence-corrected chi connectivity index (χ3v) is 16.1. The van der Waals surface area contributed by atoms with Crippen molar-refractivity contribution >= 4 is 86.3 Å². The van der Waals surface area contributed by atoms with Gasteiger partial charge in [-0.1, -0.05) is 133 Å². The number of anilines is 6. The first kappa shape index (κ1) is 40.4. The van der Waals surface area contributed by atoms with Crippen LogP contribution in [0.25, 0.3) is 0 Å². The largest absolute Gasteiger partial charge is 0.399 e. The van der Waals surface area contributed by atoms with Crippen LogP contribution in [0, 0.1) is 0 Å². The van der Waals surface area contributed by atoms with Gasteiger partial charge in [0.25, 0.3) is 0 Å². The molecule has 0 spiro atoms. The van der Waals surface area contributed by atoms with Crippen LogP contribution in [0.2, 0.25) is 0 Å². The fourth-order valence-electron chi connectivity index (χ4n) is 7.79. The quantitative estimate of drug-likeness (QED) is 0.100. The first-order valence-corrected chi connectivity index (χ1v) is 23.2. The van der Waals surface area contributed by atoms with Gasteiger partial charge >= 0.3 is 15.1 Å². The fourth-order valence-corrected chi connectivity index (χ4v) is 12.7. The maximum Gasteiger partial charge on any atom is 0.399 e. The molecule has 9 heteroatoms. The third-order valence-electron chi connectivity index (χ3n) is 10.6. The van der Waals surface area contributed by atoms with Gasteiger partial charge in [0.05, 0.1) is 59.8 Å². The van der Waals surface area contributed by atoms with E-state index >= 15 is 0 Å². The number of benzene rings is 8. The summed E-state index contributed by atoms with van der Waals surface area (Å²) in [7, 11) is 2.60. The van der Waals surface area contributed by atoms with Crippen molar-refractivity contribution in [2.75, 3.05) is 31.8 Å². The second-order valence-electron chi connectivity index (χ2n) is 14.3. The molecule has 4 nitrogen and oxygen atoms in total. The van der Waals surface area contributed by atoms with Crippen LogP contribution in [0.1, 0.15) is 0 Å². The van der Waals surface area contributed by atoms with Gasteiger partial charge in [-0.25, -0.2) is 0 Å². The van der Waals surface area contributed by atoms with E-state index in [0.717, 1.165) is 12.6 Å². The molecular weight excluding hydrogens is 935 g/mol. The van der Waals surface area contributed by atoms with Crippen LogP contribution in [0.5, 0.6) is 0 Å². The van der Waals surface area contributed by atoms with E-state index in [1.807, 2.05) is 0 Å². The monoisotopic (exact) mass is 979 g/mol. The Morgan fingerprint density at radius 2 is 0.525 bits per heavy atom. The van der Waals surface area contributed by atoms with Gasteiger partial charge in [-0.3, -0.25) is 0 Å². The summed E-state index contributed by atoms with van der Waals surface area (Å²) in [5.74, 6) is 0. The zero-order chi connectivity index (χ0) is 38.9. The standard InChI is InChI=1S/2C25H21BN2P.Pt/c2*1-4-12-21(13-5-1)28-25-19-11-10-18-24(25)27(26-28)20-29(22-14-6-2-7-15-22)23-16-8-3-9-17-23;/h2*1-19H,20H2;/p+2. The summed E-state index contributed by atoms with van der Waals surface area (Å²) in [5, 5.41) is 5.75.